The number of hydrogen-bond donors (Lipinski definition) is 1. The molecule has 7 nitrogen and oxygen atoms in total. The lowest BCUT2D eigenvalue weighted by Gasteiger charge is -2.52. The standard InChI is InChI=1S/C21H25NOS.C10H10OS.C9H16N2.CO2.ClH/c1-13-3-4-16-11-19(24-20(16)14(13)2)18(23)12-17-15-5-9-22(10-6-15)21(17)7-8-21;1-7-3-4-8-5-6-12-10(8)9(7)11-2;10-8-7-1-5-11(6-2-7)9(8)3-4-9;2-1-3;/h3-4,11,15,17H,5-10,12H2,1-2H3;3-6H,1-2H3;7-8H,1-6,10H2;;1H/t17-;;8-;;/m1.1../s1. The molecule has 6 aliphatic heterocycles. The van der Waals surface area contributed by atoms with Crippen molar-refractivity contribution in [3.05, 3.63) is 63.3 Å². The van der Waals surface area contributed by atoms with Gasteiger partial charge in [-0.05, 0) is 161 Å². The van der Waals surface area contributed by atoms with Crippen molar-refractivity contribution in [2.75, 3.05) is 33.3 Å². The fraction of sp³-hybridized carbons (Fsp3) is 0.561. The van der Waals surface area contributed by atoms with Crippen LogP contribution in [0.1, 0.15) is 84.1 Å². The molecule has 2 aromatic heterocycles. The largest absolute Gasteiger partial charge is 0.495 e. The first-order chi connectivity index (χ1) is 24.2. The second-order valence-corrected chi connectivity index (χ2v) is 17.5. The Morgan fingerprint density at radius 1 is 0.843 bits per heavy atom. The van der Waals surface area contributed by atoms with Gasteiger partial charge in [-0.15, -0.1) is 35.1 Å². The molecule has 274 valence electrons. The van der Waals surface area contributed by atoms with Gasteiger partial charge >= 0.3 is 6.15 Å². The molecule has 10 heteroatoms. The molecule has 4 bridgehead atoms. The van der Waals surface area contributed by atoms with Crippen LogP contribution in [-0.2, 0) is 9.59 Å². The van der Waals surface area contributed by atoms with Gasteiger partial charge in [-0.1, -0.05) is 24.3 Å². The quantitative estimate of drug-likeness (QED) is 0.209. The smallest absolute Gasteiger partial charge is 0.373 e. The SMILES string of the molecule is COc1c(C)ccc2ccsc12.Cc1ccc2cc(C(=O)C[C@@H]3C4CCN(CC4)C34CC4)sc2c1C.Cl.N[C@@H]1C2CCN(CC2)C12CC2.O=C=O. The molecule has 2 aliphatic carbocycles. The molecule has 2 saturated carbocycles. The summed E-state index contributed by atoms with van der Waals surface area (Å²) in [6.07, 6.45) is 11.8. The molecule has 2 atom stereocenters. The zero-order valence-electron chi connectivity index (χ0n) is 30.4. The number of piperidine rings is 6. The lowest BCUT2D eigenvalue weighted by Crippen LogP contribution is -2.63. The highest BCUT2D eigenvalue weighted by molar-refractivity contribution is 7.21. The summed E-state index contributed by atoms with van der Waals surface area (Å²) in [5.41, 5.74) is 11.0. The van der Waals surface area contributed by atoms with E-state index in [1.807, 2.05) is 0 Å². The Morgan fingerprint density at radius 3 is 1.98 bits per heavy atom. The van der Waals surface area contributed by atoms with Crippen LogP contribution in [0.5, 0.6) is 5.75 Å². The van der Waals surface area contributed by atoms with Crippen molar-refractivity contribution >= 4 is 67.2 Å². The highest BCUT2D eigenvalue weighted by Crippen LogP contribution is 2.59. The van der Waals surface area contributed by atoms with Crippen LogP contribution in [0.25, 0.3) is 20.2 Å². The number of ketones is 1. The Kier molecular flexibility index (Phi) is 11.5. The number of thiophene rings is 2. The van der Waals surface area contributed by atoms with Crippen LogP contribution in [0.2, 0.25) is 0 Å². The number of halogens is 1. The molecule has 8 aliphatic rings. The first-order valence-corrected chi connectivity index (χ1v) is 20.1. The number of fused-ring (bicyclic) bond motifs is 6. The molecule has 2 N–H and O–H groups in total. The van der Waals surface area contributed by atoms with E-state index in [4.69, 9.17) is 20.1 Å². The summed E-state index contributed by atoms with van der Waals surface area (Å²) in [7, 11) is 1.72. The second kappa shape index (κ2) is 15.4. The van der Waals surface area contributed by atoms with Crippen LogP contribution < -0.4 is 10.5 Å². The number of hydrogen-bond acceptors (Lipinski definition) is 9. The van der Waals surface area contributed by atoms with Crippen LogP contribution in [-0.4, -0.2) is 72.1 Å². The molecule has 6 saturated heterocycles. The van der Waals surface area contributed by atoms with Gasteiger partial charge in [-0.2, -0.15) is 9.59 Å². The molecule has 2 aromatic carbocycles. The van der Waals surface area contributed by atoms with Crippen LogP contribution in [0, 0.1) is 38.5 Å². The lowest BCUT2D eigenvalue weighted by molar-refractivity contribution is -0.191. The number of nitrogens with zero attached hydrogens (tertiary/aromatic N) is 2. The van der Waals surface area contributed by atoms with Gasteiger partial charge in [0.05, 0.1) is 16.7 Å². The summed E-state index contributed by atoms with van der Waals surface area (Å²) in [4.78, 5) is 35.7. The minimum atomic E-state index is 0. The van der Waals surface area contributed by atoms with E-state index in [-0.39, 0.29) is 18.6 Å². The highest BCUT2D eigenvalue weighted by Gasteiger charge is 2.60. The minimum absolute atomic E-state index is 0. The van der Waals surface area contributed by atoms with Gasteiger partial charge < -0.3 is 10.5 Å². The maximum absolute atomic E-state index is 13.1. The van der Waals surface area contributed by atoms with E-state index in [9.17, 15) is 4.79 Å². The maximum atomic E-state index is 13.1. The zero-order valence-corrected chi connectivity index (χ0v) is 32.8. The molecular weight excluding hydrogens is 698 g/mol. The number of carbonyl (C=O) groups excluding carboxylic acids is 3. The summed E-state index contributed by atoms with van der Waals surface area (Å²) in [6.45, 7) is 11.6. The fourth-order valence-corrected chi connectivity index (χ4v) is 12.0. The number of aryl methyl sites for hydroxylation is 3. The highest BCUT2D eigenvalue weighted by atomic mass is 35.5. The lowest BCUT2D eigenvalue weighted by atomic mass is 9.70. The van der Waals surface area contributed by atoms with Gasteiger partial charge in [0, 0.05) is 28.2 Å². The molecule has 8 fully saturated rings. The first kappa shape index (κ1) is 38.1. The Labute approximate surface area is 316 Å². The summed E-state index contributed by atoms with van der Waals surface area (Å²) in [5, 5.41) is 4.59. The molecule has 12 rings (SSSR count). The topological polar surface area (TPSA) is 92.9 Å². The van der Waals surface area contributed by atoms with Gasteiger partial charge in [0.1, 0.15) is 5.75 Å². The van der Waals surface area contributed by atoms with Crippen molar-refractivity contribution in [2.24, 2.45) is 23.5 Å². The third-order valence-electron chi connectivity index (χ3n) is 13.1. The van der Waals surface area contributed by atoms with E-state index in [0.717, 1.165) is 28.9 Å². The molecule has 2 spiro atoms. The third-order valence-corrected chi connectivity index (χ3v) is 15.4. The maximum Gasteiger partial charge on any atom is 0.373 e. The molecule has 4 aromatic rings. The van der Waals surface area contributed by atoms with E-state index < -0.39 is 0 Å². The van der Waals surface area contributed by atoms with E-state index in [0.29, 0.717) is 28.8 Å². The summed E-state index contributed by atoms with van der Waals surface area (Å²) in [5.74, 6) is 3.67. The van der Waals surface area contributed by atoms with Crippen molar-refractivity contribution in [1.29, 1.82) is 0 Å². The normalized spacial score (nSPS) is 27.9. The van der Waals surface area contributed by atoms with Crippen molar-refractivity contribution in [2.45, 2.75) is 95.7 Å². The van der Waals surface area contributed by atoms with Gasteiger partial charge in [0.25, 0.3) is 0 Å². The molecule has 51 heavy (non-hydrogen) atoms. The average Bonchev–Trinajstić information content (AvgIpc) is 4.00. The summed E-state index contributed by atoms with van der Waals surface area (Å²) >= 11 is 3.44. The number of rotatable bonds is 4. The van der Waals surface area contributed by atoms with E-state index >= 15 is 0 Å². The van der Waals surface area contributed by atoms with E-state index in [2.05, 4.69) is 72.3 Å². The molecule has 0 radical (unpaired) electrons. The summed E-state index contributed by atoms with van der Waals surface area (Å²) < 4.78 is 7.87. The Hall–Kier alpha value is -2.62. The van der Waals surface area contributed by atoms with E-state index in [1.54, 1.807) is 29.8 Å². The number of methoxy groups -OCH3 is 1. The number of ether oxygens (including phenoxy) is 1. The monoisotopic (exact) mass is 749 g/mol. The molecule has 0 amide bonds. The predicted molar refractivity (Wildman–Crippen MR) is 210 cm³/mol. The molecular formula is C41H52ClN3O4S2. The fourth-order valence-electron chi connectivity index (χ4n) is 9.86. The van der Waals surface area contributed by atoms with Crippen LogP contribution in [0.15, 0.2) is 41.8 Å². The minimum Gasteiger partial charge on any atom is -0.495 e. The second-order valence-electron chi connectivity index (χ2n) is 15.5. The van der Waals surface area contributed by atoms with Gasteiger partial charge in [0.15, 0.2) is 5.78 Å². The number of nitrogens with two attached hydrogens (primary N) is 1. The number of carbonyl (C=O) groups is 1. The summed E-state index contributed by atoms with van der Waals surface area (Å²) in [6, 6.07) is 13.3. The van der Waals surface area contributed by atoms with Gasteiger partial charge in [-0.25, -0.2) is 0 Å². The molecule has 0 unspecified atom stereocenters. The van der Waals surface area contributed by atoms with Crippen LogP contribution in [0.4, 0.5) is 0 Å². The van der Waals surface area contributed by atoms with Crippen molar-refractivity contribution in [1.82, 2.24) is 9.80 Å². The molecule has 8 heterocycles. The zero-order chi connectivity index (χ0) is 35.2. The number of benzene rings is 2. The van der Waals surface area contributed by atoms with Crippen molar-refractivity contribution in [3.8, 4) is 5.75 Å². The Balaban J connectivity index is 0.000000139. The Morgan fingerprint density at radius 2 is 1.41 bits per heavy atom. The number of Topliss-reactive ketones (excluding diaryl/α,β-unsaturated/α-hetero) is 1. The predicted octanol–water partition coefficient (Wildman–Crippen LogP) is 8.59. The average molecular weight is 750 g/mol. The van der Waals surface area contributed by atoms with Crippen molar-refractivity contribution < 1.29 is 19.1 Å². The van der Waals surface area contributed by atoms with Crippen LogP contribution in [0.3, 0.4) is 0 Å². The van der Waals surface area contributed by atoms with Gasteiger partial charge in [-0.3, -0.25) is 14.6 Å². The van der Waals surface area contributed by atoms with Crippen LogP contribution >= 0.6 is 35.1 Å². The first-order valence-electron chi connectivity index (χ1n) is 18.4. The van der Waals surface area contributed by atoms with Gasteiger partial charge in [0.2, 0.25) is 0 Å². The van der Waals surface area contributed by atoms with E-state index in [1.165, 1.54) is 114 Å². The Bertz CT molecular complexity index is 1890. The van der Waals surface area contributed by atoms with Crippen molar-refractivity contribution in [3.63, 3.8) is 0 Å². The third kappa shape index (κ3) is 7.08.